The van der Waals surface area contributed by atoms with Crippen LogP contribution in [0.3, 0.4) is 0 Å². The maximum absolute atomic E-state index is 13.3. The smallest absolute Gasteiger partial charge is 0.256 e. The molecule has 5 nitrogen and oxygen atoms in total. The lowest BCUT2D eigenvalue weighted by Crippen LogP contribution is -2.14. The molecular formula is C26H24N2O3. The van der Waals surface area contributed by atoms with E-state index in [1.54, 1.807) is 14.2 Å². The molecule has 0 radical (unpaired) electrons. The van der Waals surface area contributed by atoms with Gasteiger partial charge in [0.05, 0.1) is 31.0 Å². The zero-order chi connectivity index (χ0) is 22.0. The van der Waals surface area contributed by atoms with Gasteiger partial charge in [0.25, 0.3) is 5.91 Å². The summed E-state index contributed by atoms with van der Waals surface area (Å²) in [6.07, 6.45) is 0. The van der Waals surface area contributed by atoms with Crippen molar-refractivity contribution < 1.29 is 14.3 Å². The van der Waals surface area contributed by atoms with Crippen molar-refractivity contribution in [2.24, 2.45) is 0 Å². The van der Waals surface area contributed by atoms with Gasteiger partial charge >= 0.3 is 0 Å². The van der Waals surface area contributed by atoms with Gasteiger partial charge in [-0.15, -0.1) is 0 Å². The Labute approximate surface area is 181 Å². The van der Waals surface area contributed by atoms with Crippen LogP contribution in [0.15, 0.2) is 66.7 Å². The fourth-order valence-electron chi connectivity index (χ4n) is 3.59. The molecule has 31 heavy (non-hydrogen) atoms. The summed E-state index contributed by atoms with van der Waals surface area (Å²) in [4.78, 5) is 18.1. The highest BCUT2D eigenvalue weighted by Crippen LogP contribution is 2.34. The van der Waals surface area contributed by atoms with E-state index >= 15 is 0 Å². The van der Waals surface area contributed by atoms with E-state index in [4.69, 9.17) is 14.5 Å². The lowest BCUT2D eigenvalue weighted by Gasteiger charge is -2.14. The number of aryl methyl sites for hydroxylation is 1. The Morgan fingerprint density at radius 1 is 0.903 bits per heavy atom. The summed E-state index contributed by atoms with van der Waals surface area (Å²) in [5, 5.41) is 3.86. The molecule has 0 saturated carbocycles. The molecule has 1 N–H and O–H groups in total. The quantitative estimate of drug-likeness (QED) is 0.451. The third-order valence-corrected chi connectivity index (χ3v) is 5.50. The number of rotatable bonds is 5. The molecule has 0 fully saturated rings. The van der Waals surface area contributed by atoms with E-state index in [1.165, 1.54) is 0 Å². The van der Waals surface area contributed by atoms with Crippen LogP contribution in [0.2, 0.25) is 0 Å². The van der Waals surface area contributed by atoms with Gasteiger partial charge in [-0.1, -0.05) is 30.3 Å². The van der Waals surface area contributed by atoms with Crippen LogP contribution in [-0.4, -0.2) is 25.1 Å². The Morgan fingerprint density at radius 3 is 2.48 bits per heavy atom. The molecule has 0 saturated heterocycles. The van der Waals surface area contributed by atoms with E-state index in [0.29, 0.717) is 22.8 Å². The summed E-state index contributed by atoms with van der Waals surface area (Å²) in [5.41, 5.74) is 5.71. The lowest BCUT2D eigenvalue weighted by atomic mass is 10.0. The Morgan fingerprint density at radius 2 is 1.71 bits per heavy atom. The molecule has 0 aliphatic carbocycles. The highest BCUT2D eigenvalue weighted by atomic mass is 16.5. The number of ether oxygens (including phenoxy) is 2. The first-order valence-corrected chi connectivity index (χ1v) is 10.0. The van der Waals surface area contributed by atoms with E-state index in [0.717, 1.165) is 33.3 Å². The van der Waals surface area contributed by atoms with Crippen LogP contribution in [-0.2, 0) is 0 Å². The molecule has 156 valence electrons. The highest BCUT2D eigenvalue weighted by molar-refractivity contribution is 6.13. The van der Waals surface area contributed by atoms with Crippen molar-refractivity contribution in [1.29, 1.82) is 0 Å². The summed E-state index contributed by atoms with van der Waals surface area (Å²) >= 11 is 0. The molecule has 0 spiro atoms. The van der Waals surface area contributed by atoms with Crippen LogP contribution in [0.4, 0.5) is 5.69 Å². The highest BCUT2D eigenvalue weighted by Gasteiger charge is 2.17. The molecule has 0 bridgehead atoms. The van der Waals surface area contributed by atoms with Crippen molar-refractivity contribution in [3.05, 3.63) is 83.4 Å². The molecule has 1 heterocycles. The van der Waals surface area contributed by atoms with Gasteiger partial charge in [0.15, 0.2) is 0 Å². The fraction of sp³-hybridized carbons (Fsp3) is 0.154. The standard InChI is InChI=1S/C26H24N2O3/c1-16-8-7-11-22(17(16)2)28-26(29)21-15-24(27-23-10-6-5-9-19(21)23)20-13-12-18(30-3)14-25(20)31-4/h5-15H,1-4H3,(H,28,29). The predicted octanol–water partition coefficient (Wildman–Crippen LogP) is 5.79. The van der Waals surface area contributed by atoms with Gasteiger partial charge < -0.3 is 14.8 Å². The van der Waals surface area contributed by atoms with E-state index in [2.05, 4.69) is 5.32 Å². The minimum Gasteiger partial charge on any atom is -0.497 e. The number of para-hydroxylation sites is 1. The largest absolute Gasteiger partial charge is 0.497 e. The second kappa shape index (κ2) is 8.48. The van der Waals surface area contributed by atoms with Crippen molar-refractivity contribution in [3.8, 4) is 22.8 Å². The molecule has 0 aliphatic heterocycles. The van der Waals surface area contributed by atoms with Gasteiger partial charge in [-0.05, 0) is 55.3 Å². The second-order valence-corrected chi connectivity index (χ2v) is 7.34. The number of hydrogen-bond acceptors (Lipinski definition) is 4. The Hall–Kier alpha value is -3.86. The first-order valence-electron chi connectivity index (χ1n) is 10.0. The van der Waals surface area contributed by atoms with E-state index < -0.39 is 0 Å². The van der Waals surface area contributed by atoms with Gasteiger partial charge in [0, 0.05) is 22.7 Å². The molecular weight excluding hydrogens is 388 g/mol. The fourth-order valence-corrected chi connectivity index (χ4v) is 3.59. The van der Waals surface area contributed by atoms with Crippen LogP contribution in [0.25, 0.3) is 22.2 Å². The zero-order valence-electron chi connectivity index (χ0n) is 18.0. The number of nitrogens with zero attached hydrogens (tertiary/aromatic N) is 1. The van der Waals surface area contributed by atoms with Crippen LogP contribution in [0.1, 0.15) is 21.5 Å². The number of nitrogens with one attached hydrogen (secondary N) is 1. The lowest BCUT2D eigenvalue weighted by molar-refractivity contribution is 0.102. The summed E-state index contributed by atoms with van der Waals surface area (Å²) < 4.78 is 10.9. The molecule has 0 atom stereocenters. The average molecular weight is 412 g/mol. The summed E-state index contributed by atoms with van der Waals surface area (Å²) in [7, 11) is 3.21. The third kappa shape index (κ3) is 3.94. The first kappa shape index (κ1) is 20.4. The SMILES string of the molecule is COc1ccc(-c2cc(C(=O)Nc3cccc(C)c3C)c3ccccc3n2)c(OC)c1. The average Bonchev–Trinajstić information content (AvgIpc) is 2.80. The van der Waals surface area contributed by atoms with Crippen molar-refractivity contribution in [3.63, 3.8) is 0 Å². The number of benzene rings is 3. The Bertz CT molecular complexity index is 1280. The third-order valence-electron chi connectivity index (χ3n) is 5.50. The molecule has 5 heteroatoms. The minimum absolute atomic E-state index is 0.180. The van der Waals surface area contributed by atoms with Gasteiger partial charge in [0.2, 0.25) is 0 Å². The molecule has 0 aliphatic rings. The van der Waals surface area contributed by atoms with Crippen LogP contribution >= 0.6 is 0 Å². The number of carbonyl (C=O) groups excluding carboxylic acids is 1. The number of methoxy groups -OCH3 is 2. The number of pyridine rings is 1. The molecule has 3 aromatic carbocycles. The predicted molar refractivity (Wildman–Crippen MR) is 124 cm³/mol. The zero-order valence-corrected chi connectivity index (χ0v) is 18.0. The van der Waals surface area contributed by atoms with E-state index in [1.807, 2.05) is 80.6 Å². The molecule has 4 aromatic rings. The number of aromatic nitrogens is 1. The molecule has 4 rings (SSSR count). The van der Waals surface area contributed by atoms with Crippen molar-refractivity contribution in [2.75, 3.05) is 19.5 Å². The summed E-state index contributed by atoms with van der Waals surface area (Å²) in [5.74, 6) is 1.14. The Balaban J connectivity index is 1.84. The van der Waals surface area contributed by atoms with Crippen molar-refractivity contribution in [2.45, 2.75) is 13.8 Å². The van der Waals surface area contributed by atoms with Crippen molar-refractivity contribution in [1.82, 2.24) is 4.98 Å². The summed E-state index contributed by atoms with van der Waals surface area (Å²) in [6, 6.07) is 20.9. The van der Waals surface area contributed by atoms with Crippen molar-refractivity contribution >= 4 is 22.5 Å². The number of fused-ring (bicyclic) bond motifs is 1. The van der Waals surface area contributed by atoms with Gasteiger partial charge in [-0.2, -0.15) is 0 Å². The maximum atomic E-state index is 13.3. The molecule has 1 amide bonds. The topological polar surface area (TPSA) is 60.5 Å². The first-order chi connectivity index (χ1) is 15.0. The van der Waals surface area contributed by atoms with Gasteiger partial charge in [-0.3, -0.25) is 4.79 Å². The van der Waals surface area contributed by atoms with Gasteiger partial charge in [-0.25, -0.2) is 4.98 Å². The van der Waals surface area contributed by atoms with Crippen LogP contribution < -0.4 is 14.8 Å². The molecule has 0 unspecified atom stereocenters. The minimum atomic E-state index is -0.180. The number of hydrogen-bond donors (Lipinski definition) is 1. The monoisotopic (exact) mass is 412 g/mol. The van der Waals surface area contributed by atoms with E-state index in [-0.39, 0.29) is 5.91 Å². The van der Waals surface area contributed by atoms with Gasteiger partial charge in [0.1, 0.15) is 11.5 Å². The van der Waals surface area contributed by atoms with Crippen LogP contribution in [0, 0.1) is 13.8 Å². The summed E-state index contributed by atoms with van der Waals surface area (Å²) in [6.45, 7) is 4.03. The number of amides is 1. The van der Waals surface area contributed by atoms with Crippen LogP contribution in [0.5, 0.6) is 11.5 Å². The van der Waals surface area contributed by atoms with E-state index in [9.17, 15) is 4.79 Å². The normalized spacial score (nSPS) is 10.7. The second-order valence-electron chi connectivity index (χ2n) is 7.34. The maximum Gasteiger partial charge on any atom is 0.256 e. The Kier molecular flexibility index (Phi) is 5.58. The number of anilines is 1. The molecule has 1 aromatic heterocycles. The number of carbonyl (C=O) groups is 1.